The Morgan fingerprint density at radius 3 is 2.93 bits per heavy atom. The normalized spacial score (nSPS) is 12.6. The second kappa shape index (κ2) is 6.34. The number of thiazole rings is 1. The number of carbonyl (C=O) groups is 1. The van der Waals surface area contributed by atoms with Crippen molar-refractivity contribution < 1.29 is 14.3 Å². The fourth-order valence-corrected chi connectivity index (χ4v) is 4.03. The molecule has 4 aromatic rings. The van der Waals surface area contributed by atoms with Crippen LogP contribution in [0.5, 0.6) is 11.5 Å². The number of aryl methyl sites for hydroxylation is 2. The van der Waals surface area contributed by atoms with Gasteiger partial charge in [0.1, 0.15) is 11.5 Å². The van der Waals surface area contributed by atoms with Gasteiger partial charge >= 0.3 is 0 Å². The number of nitrogens with zero attached hydrogens (tertiary/aromatic N) is 5. The third-order valence-corrected chi connectivity index (χ3v) is 5.37. The first kappa shape index (κ1) is 16.8. The van der Waals surface area contributed by atoms with Crippen LogP contribution in [0.1, 0.15) is 23.1 Å². The molecule has 142 valence electrons. The van der Waals surface area contributed by atoms with E-state index in [4.69, 9.17) is 9.47 Å². The van der Waals surface area contributed by atoms with E-state index in [0.29, 0.717) is 34.7 Å². The van der Waals surface area contributed by atoms with E-state index in [9.17, 15) is 4.79 Å². The highest BCUT2D eigenvalue weighted by molar-refractivity contribution is 7.20. The number of hydrogen-bond donors (Lipinski definition) is 1. The SMILES string of the molecule is CCn1nccc1C(=O)Nc1cc(C)nn1-c1nc2cc3c(cc2s1)OCO3. The van der Waals surface area contributed by atoms with Crippen LogP contribution >= 0.6 is 11.3 Å². The quantitative estimate of drug-likeness (QED) is 0.570. The smallest absolute Gasteiger partial charge is 0.275 e. The maximum absolute atomic E-state index is 12.7. The molecule has 0 fully saturated rings. The summed E-state index contributed by atoms with van der Waals surface area (Å²) < 4.78 is 15.1. The monoisotopic (exact) mass is 396 g/mol. The highest BCUT2D eigenvalue weighted by atomic mass is 32.1. The van der Waals surface area contributed by atoms with Crippen molar-refractivity contribution in [3.8, 4) is 16.6 Å². The first-order chi connectivity index (χ1) is 13.6. The van der Waals surface area contributed by atoms with Crippen LogP contribution < -0.4 is 14.8 Å². The van der Waals surface area contributed by atoms with Crippen molar-refractivity contribution in [1.82, 2.24) is 24.5 Å². The highest BCUT2D eigenvalue weighted by Gasteiger charge is 2.20. The van der Waals surface area contributed by atoms with Crippen LogP contribution in [-0.2, 0) is 6.54 Å². The van der Waals surface area contributed by atoms with Gasteiger partial charge in [0.05, 0.1) is 15.9 Å². The molecule has 1 amide bonds. The maximum atomic E-state index is 12.7. The number of amides is 1. The van der Waals surface area contributed by atoms with Gasteiger partial charge in [-0.15, -0.1) is 0 Å². The minimum absolute atomic E-state index is 0.225. The fourth-order valence-electron chi connectivity index (χ4n) is 3.09. The predicted octanol–water partition coefficient (Wildman–Crippen LogP) is 2.99. The number of rotatable bonds is 4. The van der Waals surface area contributed by atoms with Crippen LogP contribution in [0.3, 0.4) is 0 Å². The van der Waals surface area contributed by atoms with E-state index in [0.717, 1.165) is 15.9 Å². The first-order valence-electron chi connectivity index (χ1n) is 8.73. The Balaban J connectivity index is 1.51. The van der Waals surface area contributed by atoms with Crippen LogP contribution in [-0.4, -0.2) is 37.2 Å². The molecule has 28 heavy (non-hydrogen) atoms. The van der Waals surface area contributed by atoms with Gasteiger partial charge in [-0.05, 0) is 19.9 Å². The lowest BCUT2D eigenvalue weighted by atomic mass is 10.3. The number of nitrogens with one attached hydrogen (secondary N) is 1. The van der Waals surface area contributed by atoms with E-state index >= 15 is 0 Å². The summed E-state index contributed by atoms with van der Waals surface area (Å²) in [6.07, 6.45) is 1.61. The molecular weight excluding hydrogens is 380 g/mol. The summed E-state index contributed by atoms with van der Waals surface area (Å²) in [7, 11) is 0. The van der Waals surface area contributed by atoms with E-state index in [2.05, 4.69) is 20.5 Å². The second-order valence-electron chi connectivity index (χ2n) is 6.24. The van der Waals surface area contributed by atoms with Crippen molar-refractivity contribution in [3.05, 3.63) is 41.9 Å². The molecule has 0 atom stereocenters. The summed E-state index contributed by atoms with van der Waals surface area (Å²) in [5, 5.41) is 12.2. The maximum Gasteiger partial charge on any atom is 0.275 e. The molecule has 4 heterocycles. The van der Waals surface area contributed by atoms with Crippen molar-refractivity contribution >= 4 is 33.3 Å². The van der Waals surface area contributed by atoms with Gasteiger partial charge in [0, 0.05) is 30.9 Å². The molecule has 5 rings (SSSR count). The summed E-state index contributed by atoms with van der Waals surface area (Å²) in [6, 6.07) is 7.26. The zero-order valence-electron chi connectivity index (χ0n) is 15.2. The number of aromatic nitrogens is 5. The van der Waals surface area contributed by atoms with Crippen molar-refractivity contribution in [2.45, 2.75) is 20.4 Å². The molecule has 1 aliphatic rings. The first-order valence-corrected chi connectivity index (χ1v) is 9.54. The van der Waals surface area contributed by atoms with Gasteiger partial charge in [0.2, 0.25) is 11.9 Å². The Morgan fingerprint density at radius 1 is 1.29 bits per heavy atom. The summed E-state index contributed by atoms with van der Waals surface area (Å²) >= 11 is 1.46. The minimum atomic E-state index is -0.248. The standard InChI is InChI=1S/C18H16N6O3S/c1-3-23-12(4-5-19-23)17(25)21-16-6-10(2)22-24(16)18-20-11-7-13-14(27-9-26-13)8-15(11)28-18/h4-8H,3,9H2,1-2H3,(H,21,25). The van der Waals surface area contributed by atoms with Crippen molar-refractivity contribution in [1.29, 1.82) is 0 Å². The summed E-state index contributed by atoms with van der Waals surface area (Å²) in [5.74, 6) is 1.69. The second-order valence-corrected chi connectivity index (χ2v) is 7.25. The Labute approximate surface area is 163 Å². The highest BCUT2D eigenvalue weighted by Crippen LogP contribution is 2.38. The van der Waals surface area contributed by atoms with E-state index in [-0.39, 0.29) is 12.7 Å². The molecule has 0 unspecified atom stereocenters. The lowest BCUT2D eigenvalue weighted by Crippen LogP contribution is -2.19. The predicted molar refractivity (Wildman–Crippen MR) is 103 cm³/mol. The fraction of sp³-hybridized carbons (Fsp3) is 0.222. The van der Waals surface area contributed by atoms with E-state index in [1.807, 2.05) is 32.0 Å². The summed E-state index contributed by atoms with van der Waals surface area (Å²) in [4.78, 5) is 17.3. The number of hydrogen-bond acceptors (Lipinski definition) is 7. The van der Waals surface area contributed by atoms with Crippen LogP contribution in [0.4, 0.5) is 5.82 Å². The largest absolute Gasteiger partial charge is 0.454 e. The molecule has 0 saturated heterocycles. The van der Waals surface area contributed by atoms with Gasteiger partial charge in [0.25, 0.3) is 5.91 Å². The Hall–Kier alpha value is -3.40. The molecule has 1 aliphatic heterocycles. The average Bonchev–Trinajstić information content (AvgIpc) is 3.44. The van der Waals surface area contributed by atoms with E-state index in [1.54, 1.807) is 21.6 Å². The number of benzene rings is 1. The van der Waals surface area contributed by atoms with Gasteiger partial charge in [-0.1, -0.05) is 11.3 Å². The van der Waals surface area contributed by atoms with Crippen molar-refractivity contribution in [2.24, 2.45) is 0 Å². The zero-order chi connectivity index (χ0) is 19.3. The number of ether oxygens (including phenoxy) is 2. The van der Waals surface area contributed by atoms with Gasteiger partial charge in [-0.3, -0.25) is 9.48 Å². The summed E-state index contributed by atoms with van der Waals surface area (Å²) in [5.41, 5.74) is 2.05. The Bertz CT molecular complexity index is 1170. The lowest BCUT2D eigenvalue weighted by molar-refractivity contribution is 0.101. The molecule has 0 aliphatic carbocycles. The third-order valence-electron chi connectivity index (χ3n) is 4.37. The number of anilines is 1. The minimum Gasteiger partial charge on any atom is -0.454 e. The van der Waals surface area contributed by atoms with Crippen LogP contribution in [0.15, 0.2) is 30.5 Å². The number of carbonyl (C=O) groups excluding carboxylic acids is 1. The van der Waals surface area contributed by atoms with Gasteiger partial charge in [-0.25, -0.2) is 4.98 Å². The third kappa shape index (κ3) is 2.69. The summed E-state index contributed by atoms with van der Waals surface area (Å²) in [6.45, 7) is 4.64. The van der Waals surface area contributed by atoms with Crippen molar-refractivity contribution in [2.75, 3.05) is 12.1 Å². The molecular formula is C18H16N6O3S. The van der Waals surface area contributed by atoms with Crippen LogP contribution in [0.2, 0.25) is 0 Å². The van der Waals surface area contributed by atoms with E-state index in [1.165, 1.54) is 11.3 Å². The van der Waals surface area contributed by atoms with E-state index < -0.39 is 0 Å². The molecule has 0 radical (unpaired) electrons. The topological polar surface area (TPSA) is 96.1 Å². The average molecular weight is 396 g/mol. The van der Waals surface area contributed by atoms with Crippen LogP contribution in [0.25, 0.3) is 15.3 Å². The molecule has 3 aromatic heterocycles. The molecule has 1 aromatic carbocycles. The Kier molecular flexibility index (Phi) is 3.79. The molecule has 1 N–H and O–H groups in total. The molecule has 9 nitrogen and oxygen atoms in total. The zero-order valence-corrected chi connectivity index (χ0v) is 16.0. The Morgan fingerprint density at radius 2 is 2.11 bits per heavy atom. The van der Waals surface area contributed by atoms with Crippen LogP contribution in [0, 0.1) is 6.92 Å². The van der Waals surface area contributed by atoms with Gasteiger partial charge in [-0.2, -0.15) is 14.9 Å². The van der Waals surface area contributed by atoms with Crippen molar-refractivity contribution in [3.63, 3.8) is 0 Å². The molecule has 0 bridgehead atoms. The lowest BCUT2D eigenvalue weighted by Gasteiger charge is -2.07. The van der Waals surface area contributed by atoms with Gasteiger partial charge < -0.3 is 14.8 Å². The molecule has 10 heteroatoms. The number of fused-ring (bicyclic) bond motifs is 2. The van der Waals surface area contributed by atoms with Gasteiger partial charge in [0.15, 0.2) is 11.5 Å². The molecule has 0 spiro atoms. The molecule has 0 saturated carbocycles.